The summed E-state index contributed by atoms with van der Waals surface area (Å²) in [5.74, 6) is -1.78. The summed E-state index contributed by atoms with van der Waals surface area (Å²) in [6.45, 7) is 1.18. The lowest BCUT2D eigenvalue weighted by Crippen LogP contribution is -2.25. The number of aryl methyl sites for hydroxylation is 1. The Morgan fingerprint density at radius 3 is 2.50 bits per heavy atom. The zero-order valence-electron chi connectivity index (χ0n) is 17.2. The van der Waals surface area contributed by atoms with E-state index >= 15 is 0 Å². The molecule has 0 aliphatic heterocycles. The Morgan fingerprint density at radius 1 is 1.16 bits per heavy atom. The van der Waals surface area contributed by atoms with Crippen molar-refractivity contribution in [3.05, 3.63) is 97.4 Å². The number of aliphatic hydroxyl groups is 1. The van der Waals surface area contributed by atoms with Crippen molar-refractivity contribution >= 4 is 17.5 Å². The van der Waals surface area contributed by atoms with Gasteiger partial charge < -0.3 is 20.1 Å². The van der Waals surface area contributed by atoms with E-state index in [0.717, 1.165) is 23.3 Å². The summed E-state index contributed by atoms with van der Waals surface area (Å²) in [6, 6.07) is 10.5. The number of nitrogens with one attached hydrogen (secondary N) is 2. The van der Waals surface area contributed by atoms with E-state index in [4.69, 9.17) is 21.4 Å². The van der Waals surface area contributed by atoms with Gasteiger partial charge in [0.2, 0.25) is 5.91 Å². The first kappa shape index (κ1) is 23.4. The minimum absolute atomic E-state index is 0.126. The highest BCUT2D eigenvalue weighted by Gasteiger charge is 2.17. The Labute approximate surface area is 187 Å². The Kier molecular flexibility index (Phi) is 7.61. The molecule has 0 saturated carbocycles. The van der Waals surface area contributed by atoms with Crippen molar-refractivity contribution in [1.29, 1.82) is 0 Å². The van der Waals surface area contributed by atoms with E-state index in [-0.39, 0.29) is 29.5 Å². The van der Waals surface area contributed by atoms with Crippen molar-refractivity contribution in [2.75, 3.05) is 6.61 Å². The van der Waals surface area contributed by atoms with E-state index in [1.54, 1.807) is 6.92 Å². The SMILES string of the molecule is Cc1[nH]c(=O)c(Cl)c(OCc2ccc(F)cc2F)c1Cc1ccc(CNC(=O)CO)cc1. The number of aliphatic hydroxyl groups excluding tert-OH is 1. The lowest BCUT2D eigenvalue weighted by molar-refractivity contribution is -0.123. The first-order valence-corrected chi connectivity index (χ1v) is 10.1. The molecule has 3 aromatic rings. The van der Waals surface area contributed by atoms with Crippen LogP contribution in [0, 0.1) is 18.6 Å². The molecule has 0 aliphatic rings. The number of aromatic nitrogens is 1. The first-order chi connectivity index (χ1) is 15.3. The van der Waals surface area contributed by atoms with Crippen LogP contribution in [-0.4, -0.2) is 22.6 Å². The monoisotopic (exact) mass is 462 g/mol. The van der Waals surface area contributed by atoms with Gasteiger partial charge in [0.25, 0.3) is 5.56 Å². The Morgan fingerprint density at radius 2 is 1.84 bits per heavy atom. The molecule has 0 unspecified atom stereocenters. The van der Waals surface area contributed by atoms with E-state index < -0.39 is 29.7 Å². The second-order valence-electron chi connectivity index (χ2n) is 7.15. The van der Waals surface area contributed by atoms with Crippen molar-refractivity contribution in [3.63, 3.8) is 0 Å². The van der Waals surface area contributed by atoms with Crippen LogP contribution < -0.4 is 15.6 Å². The summed E-state index contributed by atoms with van der Waals surface area (Å²) < 4.78 is 32.8. The second-order valence-corrected chi connectivity index (χ2v) is 7.53. The van der Waals surface area contributed by atoms with Gasteiger partial charge in [0.05, 0.1) is 0 Å². The number of hydrogen-bond acceptors (Lipinski definition) is 4. The smallest absolute Gasteiger partial charge is 0.270 e. The molecule has 0 atom stereocenters. The molecule has 0 spiro atoms. The molecule has 1 amide bonds. The van der Waals surface area contributed by atoms with Crippen molar-refractivity contribution in [1.82, 2.24) is 10.3 Å². The van der Waals surface area contributed by atoms with Crippen LogP contribution in [0.25, 0.3) is 0 Å². The van der Waals surface area contributed by atoms with E-state index in [0.29, 0.717) is 17.7 Å². The molecule has 0 bridgehead atoms. The van der Waals surface area contributed by atoms with Gasteiger partial charge in [-0.25, -0.2) is 8.78 Å². The molecule has 1 aromatic heterocycles. The normalized spacial score (nSPS) is 10.8. The number of H-pyrrole nitrogens is 1. The average molecular weight is 463 g/mol. The lowest BCUT2D eigenvalue weighted by atomic mass is 10.0. The summed E-state index contributed by atoms with van der Waals surface area (Å²) in [7, 11) is 0. The van der Waals surface area contributed by atoms with Crippen molar-refractivity contribution in [2.24, 2.45) is 0 Å². The molecular weight excluding hydrogens is 442 g/mol. The Balaban J connectivity index is 1.82. The fourth-order valence-corrected chi connectivity index (χ4v) is 3.31. The van der Waals surface area contributed by atoms with Crippen LogP contribution in [0.2, 0.25) is 5.02 Å². The van der Waals surface area contributed by atoms with Gasteiger partial charge in [-0.05, 0) is 30.2 Å². The first-order valence-electron chi connectivity index (χ1n) is 9.71. The van der Waals surface area contributed by atoms with Gasteiger partial charge in [0, 0.05) is 35.9 Å². The lowest BCUT2D eigenvalue weighted by Gasteiger charge is -2.16. The summed E-state index contributed by atoms with van der Waals surface area (Å²) in [5.41, 5.74) is 2.49. The van der Waals surface area contributed by atoms with Gasteiger partial charge in [0.1, 0.15) is 35.6 Å². The molecular formula is C23H21ClF2N2O4. The number of ether oxygens (including phenoxy) is 1. The maximum atomic E-state index is 14.0. The van der Waals surface area contributed by atoms with Gasteiger partial charge in [0.15, 0.2) is 0 Å². The number of carbonyl (C=O) groups is 1. The predicted molar refractivity (Wildman–Crippen MR) is 116 cm³/mol. The highest BCUT2D eigenvalue weighted by Crippen LogP contribution is 2.30. The molecule has 1 heterocycles. The summed E-state index contributed by atoms with van der Waals surface area (Å²) in [4.78, 5) is 26.0. The fourth-order valence-electron chi connectivity index (χ4n) is 3.09. The standard InChI is InChI=1S/C23H21ClF2N2O4/c1-13-18(8-14-2-4-15(5-3-14)10-27-20(30)11-29)22(21(24)23(31)28-13)32-12-16-6-7-17(25)9-19(16)26/h2-7,9,29H,8,10-12H2,1H3,(H,27,30)(H,28,31). The quantitative estimate of drug-likeness (QED) is 0.478. The number of halogens is 3. The van der Waals surface area contributed by atoms with Gasteiger partial charge in [-0.15, -0.1) is 0 Å². The van der Waals surface area contributed by atoms with Crippen LogP contribution in [0.1, 0.15) is 27.9 Å². The summed E-state index contributed by atoms with van der Waals surface area (Å²) in [6.07, 6.45) is 0.368. The molecule has 6 nitrogen and oxygen atoms in total. The molecule has 0 fully saturated rings. The molecule has 168 valence electrons. The second kappa shape index (κ2) is 10.4. The average Bonchev–Trinajstić information content (AvgIpc) is 2.77. The van der Waals surface area contributed by atoms with Gasteiger partial charge in [-0.1, -0.05) is 35.9 Å². The van der Waals surface area contributed by atoms with E-state index in [9.17, 15) is 18.4 Å². The zero-order chi connectivity index (χ0) is 23.3. The van der Waals surface area contributed by atoms with E-state index in [1.807, 2.05) is 24.3 Å². The topological polar surface area (TPSA) is 91.4 Å². The van der Waals surface area contributed by atoms with Crippen molar-refractivity contribution in [2.45, 2.75) is 26.5 Å². The van der Waals surface area contributed by atoms with Gasteiger partial charge in [-0.2, -0.15) is 0 Å². The molecule has 3 N–H and O–H groups in total. The zero-order valence-corrected chi connectivity index (χ0v) is 17.9. The number of aromatic amines is 1. The highest BCUT2D eigenvalue weighted by atomic mass is 35.5. The van der Waals surface area contributed by atoms with Gasteiger partial charge >= 0.3 is 0 Å². The number of rotatable bonds is 8. The van der Waals surface area contributed by atoms with E-state index in [1.165, 1.54) is 6.07 Å². The number of amides is 1. The minimum atomic E-state index is -0.756. The third-order valence-electron chi connectivity index (χ3n) is 4.85. The molecule has 0 saturated heterocycles. The fraction of sp³-hybridized carbons (Fsp3) is 0.217. The number of benzene rings is 2. The Bertz CT molecular complexity index is 1180. The highest BCUT2D eigenvalue weighted by molar-refractivity contribution is 6.32. The van der Waals surface area contributed by atoms with Crippen LogP contribution >= 0.6 is 11.6 Å². The Hall–Kier alpha value is -3.23. The predicted octanol–water partition coefficient (Wildman–Crippen LogP) is 3.39. The molecule has 2 aromatic carbocycles. The van der Waals surface area contributed by atoms with Crippen LogP contribution in [0.3, 0.4) is 0 Å². The van der Waals surface area contributed by atoms with Crippen LogP contribution in [0.5, 0.6) is 5.75 Å². The maximum Gasteiger partial charge on any atom is 0.270 e. The molecule has 0 aliphatic carbocycles. The van der Waals surface area contributed by atoms with Crippen molar-refractivity contribution in [3.8, 4) is 5.75 Å². The number of carbonyl (C=O) groups excluding carboxylic acids is 1. The van der Waals surface area contributed by atoms with E-state index in [2.05, 4.69) is 10.3 Å². The molecule has 3 rings (SSSR count). The molecule has 9 heteroatoms. The minimum Gasteiger partial charge on any atom is -0.487 e. The van der Waals surface area contributed by atoms with Crippen LogP contribution in [0.15, 0.2) is 47.3 Å². The number of hydrogen-bond donors (Lipinski definition) is 3. The third kappa shape index (κ3) is 5.72. The molecule has 0 radical (unpaired) electrons. The van der Waals surface area contributed by atoms with Crippen LogP contribution in [-0.2, 0) is 24.4 Å². The summed E-state index contributed by atoms with van der Waals surface area (Å²) >= 11 is 6.19. The van der Waals surface area contributed by atoms with Crippen LogP contribution in [0.4, 0.5) is 8.78 Å². The summed E-state index contributed by atoms with van der Waals surface area (Å²) in [5, 5.41) is 11.2. The third-order valence-corrected chi connectivity index (χ3v) is 5.19. The largest absolute Gasteiger partial charge is 0.487 e. The molecule has 32 heavy (non-hydrogen) atoms. The maximum absolute atomic E-state index is 14.0. The van der Waals surface area contributed by atoms with Gasteiger partial charge in [-0.3, -0.25) is 9.59 Å². The number of pyridine rings is 1. The van der Waals surface area contributed by atoms with Crippen molar-refractivity contribution < 1.29 is 23.4 Å².